The molecule has 200 valence electrons. The van der Waals surface area contributed by atoms with Crippen LogP contribution >= 0.6 is 11.6 Å². The number of nitrogens with zero attached hydrogens (tertiary/aromatic N) is 1. The molecule has 7 nitrogen and oxygen atoms in total. The number of hydrogen-bond acceptors (Lipinski definition) is 4. The fourth-order valence-corrected chi connectivity index (χ4v) is 4.05. The number of halogens is 7. The minimum absolute atomic E-state index is 0.0137. The van der Waals surface area contributed by atoms with Crippen LogP contribution in [0.2, 0.25) is 5.02 Å². The Morgan fingerprint density at radius 2 is 1.81 bits per heavy atom. The summed E-state index contributed by atoms with van der Waals surface area (Å²) in [5.74, 6) is -4.35. The molecule has 1 heterocycles. The number of amides is 3. The maximum Gasteiger partial charge on any atom is 0.416 e. The van der Waals surface area contributed by atoms with E-state index in [4.69, 9.17) is 17.3 Å². The zero-order chi connectivity index (χ0) is 27.5. The minimum atomic E-state index is -4.67. The summed E-state index contributed by atoms with van der Waals surface area (Å²) in [7, 11) is 0. The summed E-state index contributed by atoms with van der Waals surface area (Å²) in [6.45, 7) is -0.394. The molecule has 0 aliphatic carbocycles. The highest BCUT2D eigenvalue weighted by atomic mass is 35.5. The summed E-state index contributed by atoms with van der Waals surface area (Å²) in [6, 6.07) is 7.22. The first-order valence-electron chi connectivity index (χ1n) is 10.9. The first-order valence-corrected chi connectivity index (χ1v) is 11.2. The normalized spacial score (nSPS) is 16.9. The molecule has 37 heavy (non-hydrogen) atoms. The largest absolute Gasteiger partial charge is 0.416 e. The van der Waals surface area contributed by atoms with Crippen LogP contribution in [0.1, 0.15) is 24.8 Å². The Morgan fingerprint density at radius 1 is 1.14 bits per heavy atom. The average Bonchev–Trinajstić information content (AvgIpc) is 2.93. The van der Waals surface area contributed by atoms with Crippen molar-refractivity contribution in [1.29, 1.82) is 0 Å². The van der Waals surface area contributed by atoms with Gasteiger partial charge in [0, 0.05) is 24.4 Å². The summed E-state index contributed by atoms with van der Waals surface area (Å²) >= 11 is 6.22. The summed E-state index contributed by atoms with van der Waals surface area (Å²) in [4.78, 5) is 38.5. The van der Waals surface area contributed by atoms with Crippen molar-refractivity contribution in [2.75, 3.05) is 16.8 Å². The Hall–Kier alpha value is -3.48. The summed E-state index contributed by atoms with van der Waals surface area (Å²) in [6.07, 6.45) is -12.1. The number of hydrogen-bond donors (Lipinski definition) is 3. The Bertz CT molecular complexity index is 1190. The molecule has 0 radical (unpaired) electrons. The molecule has 2 aromatic rings. The molecule has 3 rings (SSSR count). The van der Waals surface area contributed by atoms with Gasteiger partial charge in [0.05, 0.1) is 28.5 Å². The number of primary amides is 1. The maximum absolute atomic E-state index is 13.4. The average molecular weight is 551 g/mol. The van der Waals surface area contributed by atoms with Crippen molar-refractivity contribution in [3.8, 4) is 0 Å². The smallest absolute Gasteiger partial charge is 0.370 e. The van der Waals surface area contributed by atoms with Crippen LogP contribution in [0.25, 0.3) is 0 Å². The second-order valence-corrected chi connectivity index (χ2v) is 8.77. The van der Waals surface area contributed by atoms with E-state index in [0.29, 0.717) is 0 Å². The molecule has 14 heteroatoms. The number of anilines is 3. The quantitative estimate of drug-likeness (QED) is 0.432. The van der Waals surface area contributed by atoms with Crippen molar-refractivity contribution in [3.63, 3.8) is 0 Å². The fraction of sp³-hybridized carbons (Fsp3) is 0.348. The van der Waals surface area contributed by atoms with E-state index in [0.717, 1.165) is 18.2 Å². The third-order valence-electron chi connectivity index (χ3n) is 5.61. The highest BCUT2D eigenvalue weighted by Gasteiger charge is 2.36. The molecule has 3 amide bonds. The molecule has 1 aliphatic heterocycles. The lowest BCUT2D eigenvalue weighted by Gasteiger charge is -2.28. The first-order chi connectivity index (χ1) is 17.2. The van der Waals surface area contributed by atoms with Crippen LogP contribution in [0.3, 0.4) is 0 Å². The minimum Gasteiger partial charge on any atom is -0.370 e. The van der Waals surface area contributed by atoms with Gasteiger partial charge >= 0.3 is 12.4 Å². The lowest BCUT2D eigenvalue weighted by atomic mass is 9.97. The summed E-state index contributed by atoms with van der Waals surface area (Å²) in [5.41, 5.74) is 4.42. The van der Waals surface area contributed by atoms with E-state index in [9.17, 15) is 40.7 Å². The van der Waals surface area contributed by atoms with E-state index >= 15 is 0 Å². The van der Waals surface area contributed by atoms with Gasteiger partial charge in [-0.15, -0.1) is 0 Å². The van der Waals surface area contributed by atoms with Crippen molar-refractivity contribution >= 4 is 46.4 Å². The van der Waals surface area contributed by atoms with Crippen LogP contribution < -0.4 is 21.3 Å². The van der Waals surface area contributed by atoms with E-state index in [2.05, 4.69) is 10.6 Å². The Kier molecular flexibility index (Phi) is 8.25. The molecule has 2 atom stereocenters. The molecule has 0 saturated heterocycles. The van der Waals surface area contributed by atoms with Gasteiger partial charge in [0.2, 0.25) is 17.7 Å². The number of rotatable bonds is 7. The number of nitrogens with one attached hydrogen (secondary N) is 2. The Balaban J connectivity index is 1.96. The Morgan fingerprint density at radius 3 is 2.43 bits per heavy atom. The molecular weight excluding hydrogens is 530 g/mol. The van der Waals surface area contributed by atoms with Crippen LogP contribution in [0.4, 0.5) is 43.4 Å². The lowest BCUT2D eigenvalue weighted by Crippen LogP contribution is -2.50. The van der Waals surface area contributed by atoms with Crippen molar-refractivity contribution in [3.05, 3.63) is 53.1 Å². The predicted molar refractivity (Wildman–Crippen MR) is 123 cm³/mol. The van der Waals surface area contributed by atoms with Crippen molar-refractivity contribution in [2.24, 2.45) is 11.7 Å². The first kappa shape index (κ1) is 28.1. The van der Waals surface area contributed by atoms with Gasteiger partial charge in [-0.3, -0.25) is 14.4 Å². The molecule has 0 aromatic heterocycles. The third-order valence-corrected chi connectivity index (χ3v) is 5.92. The van der Waals surface area contributed by atoms with Crippen molar-refractivity contribution in [1.82, 2.24) is 5.32 Å². The lowest BCUT2D eigenvalue weighted by molar-refractivity contribution is -0.143. The van der Waals surface area contributed by atoms with E-state index in [-0.39, 0.29) is 22.1 Å². The fourth-order valence-electron chi connectivity index (χ4n) is 3.84. The van der Waals surface area contributed by atoms with Gasteiger partial charge in [0.1, 0.15) is 6.04 Å². The molecule has 0 fully saturated rings. The highest BCUT2D eigenvalue weighted by molar-refractivity contribution is 6.34. The summed E-state index contributed by atoms with van der Waals surface area (Å²) in [5, 5.41) is 4.88. The van der Waals surface area contributed by atoms with E-state index in [1.54, 1.807) is 0 Å². The number of para-hydroxylation sites is 1. The van der Waals surface area contributed by atoms with Crippen LogP contribution in [-0.4, -0.2) is 36.5 Å². The number of alkyl halides is 6. The van der Waals surface area contributed by atoms with Gasteiger partial charge in [-0.1, -0.05) is 23.7 Å². The maximum atomic E-state index is 13.4. The molecule has 0 bridgehead atoms. The van der Waals surface area contributed by atoms with Gasteiger partial charge < -0.3 is 21.3 Å². The summed E-state index contributed by atoms with van der Waals surface area (Å²) < 4.78 is 78.2. The highest BCUT2D eigenvalue weighted by Crippen LogP contribution is 2.40. The van der Waals surface area contributed by atoms with Gasteiger partial charge in [-0.2, -0.15) is 26.3 Å². The topological polar surface area (TPSA) is 105 Å². The van der Waals surface area contributed by atoms with E-state index < -0.39 is 73.4 Å². The second kappa shape index (κ2) is 10.9. The van der Waals surface area contributed by atoms with Crippen molar-refractivity contribution < 1.29 is 40.7 Å². The molecular formula is C23H21ClF6N4O3. The van der Waals surface area contributed by atoms with Crippen molar-refractivity contribution in [2.45, 2.75) is 37.7 Å². The second-order valence-electron chi connectivity index (χ2n) is 8.36. The Labute approximate surface area is 211 Å². The predicted octanol–water partition coefficient (Wildman–Crippen LogP) is 4.77. The molecule has 1 aliphatic rings. The monoisotopic (exact) mass is 550 g/mol. The zero-order valence-electron chi connectivity index (χ0n) is 18.9. The molecule has 0 spiro atoms. The number of nitrogens with two attached hydrogens (primary N) is 1. The van der Waals surface area contributed by atoms with Gasteiger partial charge in [-0.05, 0) is 36.8 Å². The van der Waals surface area contributed by atoms with Crippen LogP contribution in [0.5, 0.6) is 0 Å². The van der Waals surface area contributed by atoms with Crippen LogP contribution in [0.15, 0.2) is 42.5 Å². The number of benzene rings is 2. The van der Waals surface area contributed by atoms with Gasteiger partial charge in [0.25, 0.3) is 0 Å². The van der Waals surface area contributed by atoms with Crippen LogP contribution in [-0.2, 0) is 20.6 Å². The molecule has 2 aromatic carbocycles. The number of carbonyl (C=O) groups is 3. The molecule has 4 N–H and O–H groups in total. The SMILES string of the molecule is NC(=O)CC(CCC(F)(F)F)C(=O)NC1CN(c2cccc(C(F)(F)F)c2)c2cccc(Cl)c2NC1=O. The zero-order valence-corrected chi connectivity index (χ0v) is 19.7. The standard InChI is InChI=1S/C23H21ClF6N4O3/c24-15-5-2-6-17-19(15)33-21(37)16(11-34(17)14-4-1-3-13(10-14)23(28,29)30)32-20(36)12(9-18(31)35)7-8-22(25,26)27/h1-6,10,12,16H,7-9,11H2,(H2,31,35)(H,32,36)(H,33,37). The molecule has 2 unspecified atom stereocenters. The van der Waals surface area contributed by atoms with Crippen LogP contribution in [0, 0.1) is 5.92 Å². The van der Waals surface area contributed by atoms with Gasteiger partial charge in [0.15, 0.2) is 0 Å². The molecule has 0 saturated carbocycles. The van der Waals surface area contributed by atoms with E-state index in [1.165, 1.54) is 29.2 Å². The van der Waals surface area contributed by atoms with E-state index in [1.807, 2.05) is 0 Å². The number of fused-ring (bicyclic) bond motifs is 1. The van der Waals surface area contributed by atoms with Gasteiger partial charge in [-0.25, -0.2) is 0 Å². The number of carbonyl (C=O) groups excluding carboxylic acids is 3. The third kappa shape index (κ3) is 7.28.